The van der Waals surface area contributed by atoms with Crippen LogP contribution in [0.5, 0.6) is 5.75 Å². The predicted octanol–water partition coefficient (Wildman–Crippen LogP) is 5.44. The Morgan fingerprint density at radius 1 is 1.00 bits per heavy atom. The molecule has 0 unspecified atom stereocenters. The zero-order valence-electron chi connectivity index (χ0n) is 13.9. The quantitative estimate of drug-likeness (QED) is 0.445. The van der Waals surface area contributed by atoms with Gasteiger partial charge in [-0.25, -0.2) is 0 Å². The van der Waals surface area contributed by atoms with E-state index in [1.165, 1.54) is 12.1 Å². The molecule has 0 heterocycles. The van der Waals surface area contributed by atoms with Gasteiger partial charge >= 0.3 is 0 Å². The fourth-order valence-electron chi connectivity index (χ4n) is 2.46. The maximum Gasteiger partial charge on any atom is 0.271 e. The first-order valence-electron chi connectivity index (χ1n) is 8.05. The molecule has 1 N–H and O–H groups in total. The average molecular weight is 369 g/mol. The number of hydrogen-bond acceptors (Lipinski definition) is 4. The highest BCUT2D eigenvalue weighted by Crippen LogP contribution is 2.21. The van der Waals surface area contributed by atoms with Crippen LogP contribution in [0.3, 0.4) is 0 Å². The maximum atomic E-state index is 10.8. The summed E-state index contributed by atoms with van der Waals surface area (Å²) in [6.07, 6.45) is 0. The second kappa shape index (κ2) is 8.36. The molecular formula is C20H17ClN2O3. The molecule has 3 aromatic rings. The van der Waals surface area contributed by atoms with Gasteiger partial charge < -0.3 is 10.1 Å². The minimum Gasteiger partial charge on any atom is -0.489 e. The van der Waals surface area contributed by atoms with E-state index in [4.69, 9.17) is 16.3 Å². The number of anilines is 1. The third kappa shape index (κ3) is 4.74. The summed E-state index contributed by atoms with van der Waals surface area (Å²) in [5.74, 6) is 0.739. The molecule has 0 saturated carbocycles. The number of benzene rings is 3. The SMILES string of the molecule is O=[N+]([O-])c1cccc(NCc2cccc(OCc3ccccc3Cl)c2)c1. The molecule has 132 valence electrons. The summed E-state index contributed by atoms with van der Waals surface area (Å²) in [5.41, 5.74) is 2.69. The van der Waals surface area contributed by atoms with Gasteiger partial charge in [-0.3, -0.25) is 10.1 Å². The molecule has 0 spiro atoms. The van der Waals surface area contributed by atoms with E-state index in [1.807, 2.05) is 48.5 Å². The van der Waals surface area contributed by atoms with Crippen molar-refractivity contribution in [3.8, 4) is 5.75 Å². The van der Waals surface area contributed by atoms with Crippen LogP contribution in [0.1, 0.15) is 11.1 Å². The fourth-order valence-corrected chi connectivity index (χ4v) is 2.65. The average Bonchev–Trinajstić information content (AvgIpc) is 2.66. The van der Waals surface area contributed by atoms with Crippen LogP contribution in [-0.4, -0.2) is 4.92 Å². The van der Waals surface area contributed by atoms with Crippen LogP contribution in [0, 0.1) is 10.1 Å². The molecule has 0 radical (unpaired) electrons. The van der Waals surface area contributed by atoms with Gasteiger partial charge in [-0.2, -0.15) is 0 Å². The Labute approximate surface area is 156 Å². The Hall–Kier alpha value is -3.05. The summed E-state index contributed by atoms with van der Waals surface area (Å²) in [6, 6.07) is 21.7. The van der Waals surface area contributed by atoms with Crippen LogP contribution in [0.15, 0.2) is 72.8 Å². The molecule has 3 rings (SSSR count). The van der Waals surface area contributed by atoms with Gasteiger partial charge in [0.1, 0.15) is 12.4 Å². The summed E-state index contributed by atoms with van der Waals surface area (Å²) in [5, 5.41) is 14.7. The lowest BCUT2D eigenvalue weighted by Crippen LogP contribution is -2.01. The molecule has 0 aliphatic rings. The van der Waals surface area contributed by atoms with Crippen LogP contribution >= 0.6 is 11.6 Å². The normalized spacial score (nSPS) is 10.3. The Morgan fingerprint density at radius 3 is 2.62 bits per heavy atom. The van der Waals surface area contributed by atoms with Crippen LogP contribution in [0.2, 0.25) is 5.02 Å². The van der Waals surface area contributed by atoms with E-state index in [1.54, 1.807) is 12.1 Å². The van der Waals surface area contributed by atoms with Gasteiger partial charge in [-0.1, -0.05) is 48.0 Å². The number of halogens is 1. The zero-order chi connectivity index (χ0) is 18.4. The van der Waals surface area contributed by atoms with E-state index < -0.39 is 4.92 Å². The van der Waals surface area contributed by atoms with Gasteiger partial charge in [-0.15, -0.1) is 0 Å². The largest absolute Gasteiger partial charge is 0.489 e. The van der Waals surface area contributed by atoms with Crippen LogP contribution in [0.4, 0.5) is 11.4 Å². The van der Waals surface area contributed by atoms with E-state index in [0.717, 1.165) is 16.9 Å². The molecule has 3 aromatic carbocycles. The number of ether oxygens (including phenoxy) is 1. The van der Waals surface area contributed by atoms with Gasteiger partial charge in [-0.05, 0) is 29.8 Å². The van der Waals surface area contributed by atoms with Crippen molar-refractivity contribution in [1.82, 2.24) is 0 Å². The van der Waals surface area contributed by atoms with Crippen LogP contribution < -0.4 is 10.1 Å². The number of nitro groups is 1. The summed E-state index contributed by atoms with van der Waals surface area (Å²) >= 11 is 6.14. The second-order valence-electron chi connectivity index (χ2n) is 5.69. The van der Waals surface area contributed by atoms with Crippen LogP contribution in [0.25, 0.3) is 0 Å². The molecule has 0 bridgehead atoms. The van der Waals surface area contributed by atoms with Crippen molar-refractivity contribution in [2.45, 2.75) is 13.2 Å². The molecule has 0 aliphatic carbocycles. The monoisotopic (exact) mass is 368 g/mol. The Morgan fingerprint density at radius 2 is 1.81 bits per heavy atom. The lowest BCUT2D eigenvalue weighted by Gasteiger charge is -2.10. The summed E-state index contributed by atoms with van der Waals surface area (Å²) < 4.78 is 5.81. The molecular weight excluding hydrogens is 352 g/mol. The van der Waals surface area contributed by atoms with Crippen molar-refractivity contribution in [3.05, 3.63) is 99.1 Å². The zero-order valence-corrected chi connectivity index (χ0v) is 14.6. The number of nitrogens with zero attached hydrogens (tertiary/aromatic N) is 1. The number of nitro benzene ring substituents is 1. The predicted molar refractivity (Wildman–Crippen MR) is 103 cm³/mol. The van der Waals surface area contributed by atoms with Crippen molar-refractivity contribution in [2.24, 2.45) is 0 Å². The Kier molecular flexibility index (Phi) is 5.71. The van der Waals surface area contributed by atoms with Crippen LogP contribution in [-0.2, 0) is 13.2 Å². The molecule has 0 atom stereocenters. The Balaban J connectivity index is 1.61. The third-order valence-electron chi connectivity index (χ3n) is 3.80. The molecule has 6 heteroatoms. The van der Waals surface area contributed by atoms with E-state index in [2.05, 4.69) is 5.32 Å². The first kappa shape index (κ1) is 17.8. The minimum absolute atomic E-state index is 0.0619. The number of hydrogen-bond donors (Lipinski definition) is 1. The standard InChI is InChI=1S/C20H17ClN2O3/c21-20-10-2-1-6-16(20)14-26-19-9-3-5-15(11-19)13-22-17-7-4-8-18(12-17)23(24)25/h1-12,22H,13-14H2. The molecule has 0 fully saturated rings. The Bertz CT molecular complexity index is 915. The highest BCUT2D eigenvalue weighted by molar-refractivity contribution is 6.31. The summed E-state index contributed by atoms with van der Waals surface area (Å²) in [6.45, 7) is 0.923. The molecule has 5 nitrogen and oxygen atoms in total. The van der Waals surface area contributed by atoms with Crippen molar-refractivity contribution in [1.29, 1.82) is 0 Å². The molecule has 0 aromatic heterocycles. The molecule has 26 heavy (non-hydrogen) atoms. The van der Waals surface area contributed by atoms with Crippen molar-refractivity contribution < 1.29 is 9.66 Å². The highest BCUT2D eigenvalue weighted by Gasteiger charge is 2.06. The van der Waals surface area contributed by atoms with E-state index >= 15 is 0 Å². The minimum atomic E-state index is -0.408. The maximum absolute atomic E-state index is 10.8. The lowest BCUT2D eigenvalue weighted by molar-refractivity contribution is -0.384. The first-order valence-corrected chi connectivity index (χ1v) is 8.43. The summed E-state index contributed by atoms with van der Waals surface area (Å²) in [7, 11) is 0. The van der Waals surface area contributed by atoms with E-state index in [9.17, 15) is 10.1 Å². The van der Waals surface area contributed by atoms with E-state index in [-0.39, 0.29) is 5.69 Å². The van der Waals surface area contributed by atoms with E-state index in [0.29, 0.717) is 23.9 Å². The number of rotatable bonds is 7. The lowest BCUT2D eigenvalue weighted by atomic mass is 10.2. The second-order valence-corrected chi connectivity index (χ2v) is 6.10. The number of nitrogens with one attached hydrogen (secondary N) is 1. The molecule has 0 amide bonds. The van der Waals surface area contributed by atoms with Gasteiger partial charge in [0.15, 0.2) is 0 Å². The smallest absolute Gasteiger partial charge is 0.271 e. The molecule has 0 aliphatic heterocycles. The van der Waals surface area contributed by atoms with Gasteiger partial charge in [0.25, 0.3) is 5.69 Å². The first-order chi connectivity index (χ1) is 12.6. The van der Waals surface area contributed by atoms with Gasteiger partial charge in [0.2, 0.25) is 0 Å². The van der Waals surface area contributed by atoms with Crippen molar-refractivity contribution >= 4 is 23.0 Å². The number of non-ortho nitro benzene ring substituents is 1. The highest BCUT2D eigenvalue weighted by atomic mass is 35.5. The molecule has 0 saturated heterocycles. The fraction of sp³-hybridized carbons (Fsp3) is 0.100. The third-order valence-corrected chi connectivity index (χ3v) is 4.17. The summed E-state index contributed by atoms with van der Waals surface area (Å²) in [4.78, 5) is 10.4. The topological polar surface area (TPSA) is 64.4 Å². The van der Waals surface area contributed by atoms with Gasteiger partial charge in [0, 0.05) is 35.0 Å². The van der Waals surface area contributed by atoms with Crippen molar-refractivity contribution in [3.63, 3.8) is 0 Å². The van der Waals surface area contributed by atoms with Crippen molar-refractivity contribution in [2.75, 3.05) is 5.32 Å². The van der Waals surface area contributed by atoms with Gasteiger partial charge in [0.05, 0.1) is 4.92 Å².